The van der Waals surface area contributed by atoms with Crippen molar-refractivity contribution in [2.45, 2.75) is 26.8 Å². The standard InChI is InChI=1S/C18H21FN4.CH4/c1-22-6-4-13(5-7-22)11-23-12-14(9-21-23)17-10-20-18-8-15(19)2-3-16(17)18;/h2-3,8-10,12-13,20H,4-7,11H2,1H3;1H4. The van der Waals surface area contributed by atoms with Gasteiger partial charge in [0.2, 0.25) is 0 Å². The maximum Gasteiger partial charge on any atom is 0.125 e. The Bertz CT molecular complexity index is 812. The number of piperidine rings is 1. The van der Waals surface area contributed by atoms with Crippen molar-refractivity contribution in [1.82, 2.24) is 19.7 Å². The van der Waals surface area contributed by atoms with Crippen molar-refractivity contribution in [1.29, 1.82) is 0 Å². The Morgan fingerprint density at radius 1 is 1.29 bits per heavy atom. The second-order valence-corrected chi connectivity index (χ2v) is 6.59. The molecule has 1 saturated heterocycles. The molecule has 1 aliphatic heterocycles. The summed E-state index contributed by atoms with van der Waals surface area (Å²) in [6.07, 6.45) is 8.41. The van der Waals surface area contributed by atoms with Crippen LogP contribution in [-0.2, 0) is 6.54 Å². The molecule has 1 aromatic carbocycles. The van der Waals surface area contributed by atoms with Crippen molar-refractivity contribution in [2.24, 2.45) is 5.92 Å². The molecule has 0 aliphatic carbocycles. The first-order valence-electron chi connectivity index (χ1n) is 8.17. The highest BCUT2D eigenvalue weighted by Gasteiger charge is 2.18. The highest BCUT2D eigenvalue weighted by molar-refractivity contribution is 5.95. The Kier molecular flexibility index (Phi) is 4.71. The van der Waals surface area contributed by atoms with Gasteiger partial charge in [-0.05, 0) is 57.1 Å². The predicted octanol–water partition coefficient (Wildman–Crippen LogP) is 4.15. The minimum Gasteiger partial charge on any atom is -0.360 e. The number of rotatable bonds is 3. The largest absolute Gasteiger partial charge is 0.360 e. The molecule has 2 aromatic heterocycles. The van der Waals surface area contributed by atoms with Gasteiger partial charge in [0.1, 0.15) is 5.82 Å². The number of aromatic amines is 1. The van der Waals surface area contributed by atoms with Crippen molar-refractivity contribution < 1.29 is 4.39 Å². The van der Waals surface area contributed by atoms with Crippen LogP contribution in [0.1, 0.15) is 20.3 Å². The van der Waals surface area contributed by atoms with Gasteiger partial charge in [0.05, 0.1) is 6.20 Å². The van der Waals surface area contributed by atoms with E-state index >= 15 is 0 Å². The van der Waals surface area contributed by atoms with Gasteiger partial charge in [0, 0.05) is 41.0 Å². The van der Waals surface area contributed by atoms with Gasteiger partial charge in [-0.3, -0.25) is 4.68 Å². The lowest BCUT2D eigenvalue weighted by Crippen LogP contribution is -2.31. The van der Waals surface area contributed by atoms with E-state index in [1.54, 1.807) is 0 Å². The number of aromatic nitrogens is 3. The van der Waals surface area contributed by atoms with Crippen molar-refractivity contribution in [3.8, 4) is 11.1 Å². The number of benzene rings is 1. The SMILES string of the molecule is C.CN1CCC(Cn2cc(-c3c[nH]c4cc(F)ccc34)cn2)CC1. The van der Waals surface area contributed by atoms with Gasteiger partial charge in [-0.1, -0.05) is 7.43 Å². The first kappa shape index (κ1) is 16.7. The molecule has 128 valence electrons. The summed E-state index contributed by atoms with van der Waals surface area (Å²) in [5.41, 5.74) is 2.98. The lowest BCUT2D eigenvalue weighted by Gasteiger charge is -2.28. The number of nitrogens with zero attached hydrogens (tertiary/aromatic N) is 3. The fourth-order valence-corrected chi connectivity index (χ4v) is 3.45. The van der Waals surface area contributed by atoms with E-state index in [0.717, 1.165) is 28.6 Å². The molecular formula is C19H25FN4. The van der Waals surface area contributed by atoms with Crippen LogP contribution in [0, 0.1) is 11.7 Å². The third kappa shape index (κ3) is 3.22. The summed E-state index contributed by atoms with van der Waals surface area (Å²) in [5.74, 6) is 0.486. The number of hydrogen-bond donors (Lipinski definition) is 1. The first-order valence-corrected chi connectivity index (χ1v) is 8.17. The number of fused-ring (bicyclic) bond motifs is 1. The first-order chi connectivity index (χ1) is 11.2. The summed E-state index contributed by atoms with van der Waals surface area (Å²) in [6.45, 7) is 3.32. The number of likely N-dealkylation sites (tertiary alicyclic amines) is 1. The molecule has 4 nitrogen and oxygen atoms in total. The average Bonchev–Trinajstić information content (AvgIpc) is 3.15. The van der Waals surface area contributed by atoms with E-state index in [1.165, 1.54) is 38.1 Å². The normalized spacial score (nSPS) is 16.4. The topological polar surface area (TPSA) is 36.9 Å². The Labute approximate surface area is 142 Å². The Morgan fingerprint density at radius 3 is 2.88 bits per heavy atom. The van der Waals surface area contributed by atoms with Crippen molar-refractivity contribution >= 4 is 10.9 Å². The van der Waals surface area contributed by atoms with Crippen LogP contribution in [0.15, 0.2) is 36.8 Å². The minimum absolute atomic E-state index is 0. The van der Waals surface area contributed by atoms with Crippen LogP contribution in [0.4, 0.5) is 4.39 Å². The lowest BCUT2D eigenvalue weighted by atomic mass is 9.97. The summed E-state index contributed by atoms with van der Waals surface area (Å²) in [4.78, 5) is 5.53. The molecule has 1 aliphatic rings. The maximum absolute atomic E-state index is 13.3. The molecule has 0 radical (unpaired) electrons. The van der Waals surface area contributed by atoms with Crippen LogP contribution in [-0.4, -0.2) is 39.8 Å². The quantitative estimate of drug-likeness (QED) is 0.784. The third-order valence-corrected chi connectivity index (χ3v) is 4.87. The van der Waals surface area contributed by atoms with Crippen LogP contribution >= 0.6 is 0 Å². The minimum atomic E-state index is -0.219. The molecule has 0 bridgehead atoms. The van der Waals surface area contributed by atoms with Crippen LogP contribution in [0.25, 0.3) is 22.0 Å². The molecule has 24 heavy (non-hydrogen) atoms. The van der Waals surface area contributed by atoms with Crippen LogP contribution in [0.3, 0.4) is 0 Å². The molecular weight excluding hydrogens is 303 g/mol. The Hall–Kier alpha value is -2.14. The van der Waals surface area contributed by atoms with Gasteiger partial charge >= 0.3 is 0 Å². The highest BCUT2D eigenvalue weighted by Crippen LogP contribution is 2.29. The zero-order valence-corrected chi connectivity index (χ0v) is 13.3. The van der Waals surface area contributed by atoms with Gasteiger partial charge in [-0.25, -0.2) is 4.39 Å². The second kappa shape index (κ2) is 6.77. The smallest absolute Gasteiger partial charge is 0.125 e. The predicted molar refractivity (Wildman–Crippen MR) is 96.4 cm³/mol. The molecule has 0 saturated carbocycles. The molecule has 0 spiro atoms. The van der Waals surface area contributed by atoms with E-state index in [2.05, 4.69) is 28.2 Å². The lowest BCUT2D eigenvalue weighted by molar-refractivity contribution is 0.201. The highest BCUT2D eigenvalue weighted by atomic mass is 19.1. The van der Waals surface area contributed by atoms with E-state index in [4.69, 9.17) is 0 Å². The van der Waals surface area contributed by atoms with E-state index in [1.807, 2.05) is 23.1 Å². The van der Waals surface area contributed by atoms with E-state index in [0.29, 0.717) is 5.92 Å². The second-order valence-electron chi connectivity index (χ2n) is 6.59. The number of hydrogen-bond acceptors (Lipinski definition) is 2. The van der Waals surface area contributed by atoms with Crippen molar-refractivity contribution in [3.63, 3.8) is 0 Å². The number of nitrogens with one attached hydrogen (secondary N) is 1. The van der Waals surface area contributed by atoms with Gasteiger partial charge in [-0.15, -0.1) is 0 Å². The molecule has 1 N–H and O–H groups in total. The molecule has 0 unspecified atom stereocenters. The molecule has 0 amide bonds. The molecule has 0 atom stereocenters. The van der Waals surface area contributed by atoms with Gasteiger partial charge in [-0.2, -0.15) is 5.10 Å². The molecule has 3 heterocycles. The fourth-order valence-electron chi connectivity index (χ4n) is 3.45. The third-order valence-electron chi connectivity index (χ3n) is 4.87. The molecule has 4 rings (SSSR count). The summed E-state index contributed by atoms with van der Waals surface area (Å²) in [5, 5.41) is 5.56. The molecule has 3 aromatic rings. The van der Waals surface area contributed by atoms with E-state index < -0.39 is 0 Å². The summed E-state index contributed by atoms with van der Waals surface area (Å²) in [7, 11) is 2.18. The number of H-pyrrole nitrogens is 1. The van der Waals surface area contributed by atoms with Crippen LogP contribution in [0.2, 0.25) is 0 Å². The van der Waals surface area contributed by atoms with E-state index in [9.17, 15) is 4.39 Å². The van der Waals surface area contributed by atoms with Crippen LogP contribution < -0.4 is 0 Å². The summed E-state index contributed by atoms with van der Waals surface area (Å²) >= 11 is 0. The van der Waals surface area contributed by atoms with Crippen molar-refractivity contribution in [2.75, 3.05) is 20.1 Å². The zero-order chi connectivity index (χ0) is 15.8. The summed E-state index contributed by atoms with van der Waals surface area (Å²) < 4.78 is 15.3. The van der Waals surface area contributed by atoms with Crippen LogP contribution in [0.5, 0.6) is 0 Å². The Morgan fingerprint density at radius 2 is 2.08 bits per heavy atom. The van der Waals surface area contributed by atoms with Gasteiger partial charge < -0.3 is 9.88 Å². The zero-order valence-electron chi connectivity index (χ0n) is 13.3. The van der Waals surface area contributed by atoms with Crippen molar-refractivity contribution in [3.05, 3.63) is 42.6 Å². The maximum atomic E-state index is 13.3. The molecule has 5 heteroatoms. The summed E-state index contributed by atoms with van der Waals surface area (Å²) in [6, 6.07) is 4.86. The average molecular weight is 328 g/mol. The Balaban J connectivity index is 0.00000169. The number of halogens is 1. The van der Waals surface area contributed by atoms with Gasteiger partial charge in [0.25, 0.3) is 0 Å². The van der Waals surface area contributed by atoms with Gasteiger partial charge in [0.15, 0.2) is 0 Å². The van der Waals surface area contributed by atoms with E-state index in [-0.39, 0.29) is 13.2 Å². The fraction of sp³-hybridized carbons (Fsp3) is 0.421. The monoisotopic (exact) mass is 328 g/mol. The molecule has 1 fully saturated rings.